The number of carbonyl (C=O) groups is 2. The summed E-state index contributed by atoms with van der Waals surface area (Å²) in [7, 11) is 0. The molecule has 1 aliphatic rings. The van der Waals surface area contributed by atoms with Gasteiger partial charge in [0, 0.05) is 11.4 Å². The van der Waals surface area contributed by atoms with Crippen molar-refractivity contribution >= 4 is 34.8 Å². The number of carboxylic acid groups (broad SMARTS) is 1. The van der Waals surface area contributed by atoms with E-state index in [2.05, 4.69) is 5.32 Å². The molecule has 20 heavy (non-hydrogen) atoms. The van der Waals surface area contributed by atoms with Crippen LogP contribution in [0.1, 0.15) is 30.6 Å². The van der Waals surface area contributed by atoms with Crippen LogP contribution < -0.4 is 5.32 Å². The first-order chi connectivity index (χ1) is 9.58. The molecule has 1 aliphatic carbocycles. The second-order valence-corrected chi connectivity index (χ2v) is 6.88. The van der Waals surface area contributed by atoms with Gasteiger partial charge in [0.05, 0.1) is 16.2 Å². The van der Waals surface area contributed by atoms with Crippen LogP contribution in [-0.4, -0.2) is 23.5 Å². The van der Waals surface area contributed by atoms with Crippen molar-refractivity contribution in [1.82, 2.24) is 5.32 Å². The Kier molecular flexibility index (Phi) is 5.43. The first-order valence-corrected chi connectivity index (χ1v) is 8.02. The quantitative estimate of drug-likeness (QED) is 0.878. The first kappa shape index (κ1) is 15.3. The van der Waals surface area contributed by atoms with E-state index in [1.165, 1.54) is 11.3 Å². The Bertz CT molecular complexity index is 489. The summed E-state index contributed by atoms with van der Waals surface area (Å²) in [6.45, 7) is 0.526. The normalized spacial score (nSPS) is 22.4. The predicted octanol–water partition coefficient (Wildman–Crippen LogP) is 2.95. The molecule has 0 aliphatic heterocycles. The zero-order chi connectivity index (χ0) is 14.5. The SMILES string of the molecule is O=C(O)[C@H]1CCCC[C@H]1C(=O)NCCc1ccc(Cl)s1. The second-order valence-electron chi connectivity index (χ2n) is 5.08. The minimum atomic E-state index is -0.852. The summed E-state index contributed by atoms with van der Waals surface area (Å²) in [6, 6.07) is 3.78. The highest BCUT2D eigenvalue weighted by Crippen LogP contribution is 2.30. The number of nitrogens with one attached hydrogen (secondary N) is 1. The van der Waals surface area contributed by atoms with Crippen LogP contribution in [0.25, 0.3) is 0 Å². The Balaban J connectivity index is 1.82. The lowest BCUT2D eigenvalue weighted by Crippen LogP contribution is -2.40. The highest BCUT2D eigenvalue weighted by Gasteiger charge is 2.35. The summed E-state index contributed by atoms with van der Waals surface area (Å²) in [5.41, 5.74) is 0. The van der Waals surface area contributed by atoms with Crippen LogP contribution >= 0.6 is 22.9 Å². The molecular formula is C14H18ClNO3S. The van der Waals surface area contributed by atoms with E-state index in [1.54, 1.807) is 0 Å². The molecule has 110 valence electrons. The van der Waals surface area contributed by atoms with Crippen LogP contribution in [0.2, 0.25) is 4.34 Å². The molecule has 0 radical (unpaired) electrons. The highest BCUT2D eigenvalue weighted by atomic mass is 35.5. The summed E-state index contributed by atoms with van der Waals surface area (Å²) in [5, 5.41) is 12.0. The molecule has 1 saturated carbocycles. The van der Waals surface area contributed by atoms with Crippen LogP contribution in [0.15, 0.2) is 12.1 Å². The first-order valence-electron chi connectivity index (χ1n) is 6.82. The third kappa shape index (κ3) is 3.96. The molecule has 2 atom stereocenters. The van der Waals surface area contributed by atoms with Gasteiger partial charge in [-0.15, -0.1) is 11.3 Å². The molecule has 0 spiro atoms. The largest absolute Gasteiger partial charge is 0.481 e. The van der Waals surface area contributed by atoms with Crippen molar-refractivity contribution in [2.45, 2.75) is 32.1 Å². The van der Waals surface area contributed by atoms with E-state index in [-0.39, 0.29) is 11.8 Å². The van der Waals surface area contributed by atoms with Gasteiger partial charge in [0.1, 0.15) is 0 Å². The molecule has 1 heterocycles. The van der Waals surface area contributed by atoms with E-state index in [0.29, 0.717) is 19.4 Å². The Morgan fingerprint density at radius 1 is 1.30 bits per heavy atom. The third-order valence-corrected chi connectivity index (χ3v) is 5.01. The van der Waals surface area contributed by atoms with Gasteiger partial charge in [-0.2, -0.15) is 0 Å². The number of hydrogen-bond donors (Lipinski definition) is 2. The van der Waals surface area contributed by atoms with E-state index < -0.39 is 11.9 Å². The lowest BCUT2D eigenvalue weighted by atomic mass is 9.78. The van der Waals surface area contributed by atoms with Crippen LogP contribution in [-0.2, 0) is 16.0 Å². The molecular weight excluding hydrogens is 298 g/mol. The lowest BCUT2D eigenvalue weighted by molar-refractivity contribution is -0.148. The van der Waals surface area contributed by atoms with Gasteiger partial charge >= 0.3 is 5.97 Å². The molecule has 1 aromatic heterocycles. The van der Waals surface area contributed by atoms with E-state index in [1.807, 2.05) is 12.1 Å². The maximum atomic E-state index is 12.1. The molecule has 0 unspecified atom stereocenters. The van der Waals surface area contributed by atoms with E-state index in [4.69, 9.17) is 11.6 Å². The van der Waals surface area contributed by atoms with Crippen molar-refractivity contribution in [1.29, 1.82) is 0 Å². The maximum absolute atomic E-state index is 12.1. The Morgan fingerprint density at radius 2 is 2.00 bits per heavy atom. The van der Waals surface area contributed by atoms with Crippen LogP contribution in [0.4, 0.5) is 0 Å². The number of aliphatic carboxylic acids is 1. The Labute approximate surface area is 127 Å². The number of amides is 1. The van der Waals surface area contributed by atoms with Gasteiger partial charge in [-0.3, -0.25) is 9.59 Å². The fourth-order valence-electron chi connectivity index (χ4n) is 2.67. The van der Waals surface area contributed by atoms with Gasteiger partial charge in [-0.25, -0.2) is 0 Å². The third-order valence-electron chi connectivity index (χ3n) is 3.72. The molecule has 2 rings (SSSR count). The second kappa shape index (κ2) is 7.09. The van der Waals surface area contributed by atoms with E-state index >= 15 is 0 Å². The van der Waals surface area contributed by atoms with Crippen LogP contribution in [0.5, 0.6) is 0 Å². The molecule has 4 nitrogen and oxygen atoms in total. The predicted molar refractivity (Wildman–Crippen MR) is 79.1 cm³/mol. The lowest BCUT2D eigenvalue weighted by Gasteiger charge is -2.27. The van der Waals surface area contributed by atoms with Gasteiger partial charge in [0.25, 0.3) is 0 Å². The number of hydrogen-bond acceptors (Lipinski definition) is 3. The number of carbonyl (C=O) groups excluding carboxylic acids is 1. The van der Waals surface area contributed by atoms with Gasteiger partial charge < -0.3 is 10.4 Å². The standard InChI is InChI=1S/C14H18ClNO3S/c15-12-6-5-9(20-12)7-8-16-13(17)10-3-1-2-4-11(10)14(18)19/h5-6,10-11H,1-4,7-8H2,(H,16,17)(H,18,19)/t10-,11+/m1/s1. The summed E-state index contributed by atoms with van der Waals surface area (Å²) in [5.74, 6) is -1.89. The molecule has 6 heteroatoms. The van der Waals surface area contributed by atoms with Gasteiger partial charge in [0.15, 0.2) is 0 Å². The molecule has 1 fully saturated rings. The van der Waals surface area contributed by atoms with Crippen molar-refractivity contribution < 1.29 is 14.7 Å². The maximum Gasteiger partial charge on any atom is 0.307 e. The van der Waals surface area contributed by atoms with Gasteiger partial charge in [-0.05, 0) is 31.4 Å². The molecule has 0 aromatic carbocycles. The fraction of sp³-hybridized carbons (Fsp3) is 0.571. The molecule has 2 N–H and O–H groups in total. The van der Waals surface area contributed by atoms with E-state index in [9.17, 15) is 14.7 Å². The number of carboxylic acids is 1. The van der Waals surface area contributed by atoms with Crippen molar-refractivity contribution in [3.05, 3.63) is 21.3 Å². The summed E-state index contributed by atoms with van der Waals surface area (Å²) in [4.78, 5) is 24.4. The Morgan fingerprint density at radius 3 is 2.60 bits per heavy atom. The number of rotatable bonds is 5. The minimum Gasteiger partial charge on any atom is -0.481 e. The summed E-state index contributed by atoms with van der Waals surface area (Å²) in [6.07, 6.45) is 3.84. The summed E-state index contributed by atoms with van der Waals surface area (Å²) >= 11 is 7.34. The van der Waals surface area contributed by atoms with Crippen molar-refractivity contribution in [2.24, 2.45) is 11.8 Å². The van der Waals surface area contributed by atoms with Crippen molar-refractivity contribution in [3.8, 4) is 0 Å². The number of halogens is 1. The van der Waals surface area contributed by atoms with Crippen LogP contribution in [0, 0.1) is 11.8 Å². The van der Waals surface area contributed by atoms with Crippen molar-refractivity contribution in [3.63, 3.8) is 0 Å². The smallest absolute Gasteiger partial charge is 0.307 e. The molecule has 1 aromatic rings. The average molecular weight is 316 g/mol. The average Bonchev–Trinajstić information content (AvgIpc) is 2.84. The minimum absolute atomic E-state index is 0.125. The number of thiophene rings is 1. The topological polar surface area (TPSA) is 66.4 Å². The van der Waals surface area contributed by atoms with Crippen LogP contribution in [0.3, 0.4) is 0 Å². The van der Waals surface area contributed by atoms with Gasteiger partial charge in [-0.1, -0.05) is 24.4 Å². The molecule has 0 bridgehead atoms. The highest BCUT2D eigenvalue weighted by molar-refractivity contribution is 7.16. The molecule has 0 saturated heterocycles. The van der Waals surface area contributed by atoms with Gasteiger partial charge in [0.2, 0.25) is 5.91 Å². The monoisotopic (exact) mass is 315 g/mol. The molecule has 1 amide bonds. The zero-order valence-corrected chi connectivity index (χ0v) is 12.7. The van der Waals surface area contributed by atoms with E-state index in [0.717, 1.165) is 28.5 Å². The fourth-order valence-corrected chi connectivity index (χ4v) is 3.75. The van der Waals surface area contributed by atoms with Crippen molar-refractivity contribution in [2.75, 3.05) is 6.54 Å². The zero-order valence-electron chi connectivity index (χ0n) is 11.1. The Hall–Kier alpha value is -1.07. The summed E-state index contributed by atoms with van der Waals surface area (Å²) < 4.78 is 0.740.